The molecule has 0 aliphatic carbocycles. The van der Waals surface area contributed by atoms with Crippen LogP contribution in [0.25, 0.3) is 0 Å². The molecule has 0 unspecified atom stereocenters. The summed E-state index contributed by atoms with van der Waals surface area (Å²) in [5.74, 6) is 0.149. The van der Waals surface area contributed by atoms with E-state index in [2.05, 4.69) is 31.5 Å². The molecule has 0 saturated carbocycles. The molecule has 0 saturated heterocycles. The maximum atomic E-state index is 12.2. The first-order valence-corrected chi connectivity index (χ1v) is 10.3. The lowest BCUT2D eigenvalue weighted by Crippen LogP contribution is -2.27. The average Bonchev–Trinajstić information content (AvgIpc) is 3.21. The van der Waals surface area contributed by atoms with Crippen molar-refractivity contribution in [3.8, 4) is 5.75 Å². The maximum absolute atomic E-state index is 12.2. The average molecular weight is 460 g/mol. The van der Waals surface area contributed by atoms with E-state index in [9.17, 15) is 9.59 Å². The van der Waals surface area contributed by atoms with Crippen molar-refractivity contribution < 1.29 is 14.3 Å². The number of benzene rings is 2. The Labute approximate surface area is 175 Å². The van der Waals surface area contributed by atoms with E-state index in [0.717, 1.165) is 10.2 Å². The van der Waals surface area contributed by atoms with E-state index < -0.39 is 0 Å². The number of hydrogen-bond acceptors (Lipinski definition) is 5. The van der Waals surface area contributed by atoms with Gasteiger partial charge in [0.05, 0.1) is 16.9 Å². The van der Waals surface area contributed by atoms with Gasteiger partial charge in [-0.05, 0) is 36.4 Å². The smallest absolute Gasteiger partial charge is 0.251 e. The van der Waals surface area contributed by atoms with Gasteiger partial charge >= 0.3 is 0 Å². The van der Waals surface area contributed by atoms with Gasteiger partial charge in [0, 0.05) is 28.4 Å². The summed E-state index contributed by atoms with van der Waals surface area (Å²) in [6.07, 6.45) is 0.155. The van der Waals surface area contributed by atoms with Crippen molar-refractivity contribution >= 4 is 44.8 Å². The second-order valence-corrected chi connectivity index (χ2v) is 7.46. The Bertz CT molecular complexity index is 930. The van der Waals surface area contributed by atoms with Crippen molar-refractivity contribution in [1.82, 2.24) is 10.3 Å². The number of amides is 2. The zero-order valence-electron chi connectivity index (χ0n) is 14.9. The van der Waals surface area contributed by atoms with Crippen molar-refractivity contribution in [3.05, 3.63) is 75.2 Å². The van der Waals surface area contributed by atoms with Gasteiger partial charge in [0.25, 0.3) is 5.91 Å². The molecule has 1 heterocycles. The minimum Gasteiger partial charge on any atom is -0.485 e. The van der Waals surface area contributed by atoms with Crippen LogP contribution in [-0.4, -0.2) is 23.3 Å². The summed E-state index contributed by atoms with van der Waals surface area (Å²) in [6.45, 7) is 0.572. The molecule has 1 aromatic heterocycles. The van der Waals surface area contributed by atoms with Crippen LogP contribution in [0, 0.1) is 0 Å². The van der Waals surface area contributed by atoms with Gasteiger partial charge in [0.1, 0.15) is 12.4 Å². The van der Waals surface area contributed by atoms with Crippen molar-refractivity contribution in [2.45, 2.75) is 13.0 Å². The van der Waals surface area contributed by atoms with Crippen LogP contribution in [0.15, 0.2) is 63.9 Å². The molecule has 0 atom stereocenters. The Morgan fingerprint density at radius 3 is 2.64 bits per heavy atom. The van der Waals surface area contributed by atoms with Gasteiger partial charge in [-0.2, -0.15) is 0 Å². The highest BCUT2D eigenvalue weighted by Crippen LogP contribution is 2.24. The summed E-state index contributed by atoms with van der Waals surface area (Å²) in [5, 5.41) is 7.47. The van der Waals surface area contributed by atoms with E-state index in [1.165, 1.54) is 11.3 Å². The molecule has 0 radical (unpaired) electrons. The van der Waals surface area contributed by atoms with E-state index in [0.29, 0.717) is 23.6 Å². The first-order valence-electron chi connectivity index (χ1n) is 8.54. The van der Waals surface area contributed by atoms with E-state index >= 15 is 0 Å². The van der Waals surface area contributed by atoms with Crippen molar-refractivity contribution in [3.63, 3.8) is 0 Å². The van der Waals surface area contributed by atoms with Crippen LogP contribution in [0.5, 0.6) is 5.75 Å². The van der Waals surface area contributed by atoms with Gasteiger partial charge in [-0.1, -0.05) is 28.1 Å². The molecule has 8 heteroatoms. The molecule has 144 valence electrons. The lowest BCUT2D eigenvalue weighted by Gasteiger charge is -2.12. The highest BCUT2D eigenvalue weighted by Gasteiger charge is 2.10. The predicted molar refractivity (Wildman–Crippen MR) is 113 cm³/mol. The summed E-state index contributed by atoms with van der Waals surface area (Å²) in [6, 6.07) is 14.2. The zero-order chi connectivity index (χ0) is 19.8. The van der Waals surface area contributed by atoms with Crippen molar-refractivity contribution in [2.75, 3.05) is 11.9 Å². The fraction of sp³-hybridized carbons (Fsp3) is 0.150. The summed E-state index contributed by atoms with van der Waals surface area (Å²) < 4.78 is 6.65. The highest BCUT2D eigenvalue weighted by atomic mass is 79.9. The van der Waals surface area contributed by atoms with E-state index in [4.69, 9.17) is 4.74 Å². The number of nitrogens with one attached hydrogen (secondary N) is 2. The fourth-order valence-electron chi connectivity index (χ4n) is 2.36. The zero-order valence-corrected chi connectivity index (χ0v) is 17.3. The number of carbonyl (C=O) groups excluding carboxylic acids is 2. The third kappa shape index (κ3) is 5.90. The van der Waals surface area contributed by atoms with Crippen LogP contribution >= 0.6 is 27.3 Å². The molecular weight excluding hydrogens is 442 g/mol. The Morgan fingerprint density at radius 2 is 1.89 bits per heavy atom. The van der Waals surface area contributed by atoms with Crippen molar-refractivity contribution in [2.24, 2.45) is 0 Å². The third-order valence-corrected chi connectivity index (χ3v) is 4.93. The van der Waals surface area contributed by atoms with Gasteiger partial charge in [0.2, 0.25) is 5.91 Å². The normalized spacial score (nSPS) is 10.3. The number of carbonyl (C=O) groups is 2. The van der Waals surface area contributed by atoms with Gasteiger partial charge in [-0.25, -0.2) is 4.98 Å². The maximum Gasteiger partial charge on any atom is 0.251 e. The second kappa shape index (κ2) is 10.0. The van der Waals surface area contributed by atoms with Crippen LogP contribution in [0.1, 0.15) is 22.5 Å². The van der Waals surface area contributed by atoms with E-state index in [-0.39, 0.29) is 24.8 Å². The van der Waals surface area contributed by atoms with Crippen LogP contribution in [0.3, 0.4) is 0 Å². The minimum atomic E-state index is -0.215. The predicted octanol–water partition coefficient (Wildman–Crippen LogP) is 4.24. The van der Waals surface area contributed by atoms with Gasteiger partial charge in [-0.3, -0.25) is 9.59 Å². The Morgan fingerprint density at radius 1 is 1.11 bits per heavy atom. The topological polar surface area (TPSA) is 80.3 Å². The van der Waals surface area contributed by atoms with Crippen LogP contribution < -0.4 is 15.4 Å². The lowest BCUT2D eigenvalue weighted by molar-refractivity contribution is -0.116. The number of rotatable bonds is 8. The molecule has 6 nitrogen and oxygen atoms in total. The standard InChI is InChI=1S/C20H18BrN3O3S/c21-15-7-5-14(6-8-15)20(26)22-10-9-19(25)24-17-3-1-2-4-18(17)27-11-16-12-28-13-23-16/h1-8,12-13H,9-11H2,(H,22,26)(H,24,25). The van der Waals surface area contributed by atoms with Crippen LogP contribution in [0.4, 0.5) is 5.69 Å². The number of halogens is 1. The Kier molecular flexibility index (Phi) is 7.16. The summed E-state index contributed by atoms with van der Waals surface area (Å²) in [5.41, 5.74) is 3.71. The Balaban J connectivity index is 1.48. The van der Waals surface area contributed by atoms with Crippen LogP contribution in [-0.2, 0) is 11.4 Å². The molecule has 2 amide bonds. The summed E-state index contributed by atoms with van der Waals surface area (Å²) >= 11 is 4.83. The Hall–Kier alpha value is -2.71. The SMILES string of the molecule is O=C(CCNC(=O)c1ccc(Br)cc1)Nc1ccccc1OCc1cscn1. The quantitative estimate of drug-likeness (QED) is 0.527. The lowest BCUT2D eigenvalue weighted by atomic mass is 10.2. The first-order chi connectivity index (χ1) is 13.6. The third-order valence-electron chi connectivity index (χ3n) is 3.76. The number of nitrogens with zero attached hydrogens (tertiary/aromatic N) is 1. The van der Waals surface area contributed by atoms with Crippen molar-refractivity contribution in [1.29, 1.82) is 0 Å². The summed E-state index contributed by atoms with van der Waals surface area (Å²) in [4.78, 5) is 28.5. The molecule has 0 aliphatic heterocycles. The molecule has 2 aromatic carbocycles. The second-order valence-electron chi connectivity index (χ2n) is 5.83. The van der Waals surface area contributed by atoms with Gasteiger partial charge in [-0.15, -0.1) is 11.3 Å². The van der Waals surface area contributed by atoms with E-state index in [1.807, 2.05) is 17.5 Å². The largest absolute Gasteiger partial charge is 0.485 e. The molecule has 3 rings (SSSR count). The first kappa shape index (κ1) is 20.0. The molecular formula is C20H18BrN3O3S. The van der Waals surface area contributed by atoms with Gasteiger partial charge in [0.15, 0.2) is 0 Å². The molecule has 0 aliphatic rings. The number of ether oxygens (including phenoxy) is 1. The number of thiazole rings is 1. The molecule has 0 bridgehead atoms. The van der Waals surface area contributed by atoms with E-state index in [1.54, 1.807) is 41.9 Å². The molecule has 2 N–H and O–H groups in total. The number of hydrogen-bond donors (Lipinski definition) is 2. The highest BCUT2D eigenvalue weighted by molar-refractivity contribution is 9.10. The van der Waals surface area contributed by atoms with Gasteiger partial charge < -0.3 is 15.4 Å². The molecule has 0 spiro atoms. The number of anilines is 1. The summed E-state index contributed by atoms with van der Waals surface area (Å²) in [7, 11) is 0. The monoisotopic (exact) mass is 459 g/mol. The van der Waals surface area contributed by atoms with Crippen LogP contribution in [0.2, 0.25) is 0 Å². The molecule has 28 heavy (non-hydrogen) atoms. The molecule has 0 fully saturated rings. The number of aromatic nitrogens is 1. The fourth-order valence-corrected chi connectivity index (χ4v) is 3.17. The minimum absolute atomic E-state index is 0.155. The number of para-hydroxylation sites is 2. The molecule has 3 aromatic rings.